The molecule has 0 fully saturated rings. The second-order valence-corrected chi connectivity index (χ2v) is 6.02. The molecule has 0 aliphatic carbocycles. The average Bonchev–Trinajstić information content (AvgIpc) is 2.61. The van der Waals surface area contributed by atoms with Crippen molar-refractivity contribution in [3.8, 4) is 0 Å². The van der Waals surface area contributed by atoms with E-state index in [1.54, 1.807) is 30.3 Å². The number of benzene rings is 2. The first-order valence-corrected chi connectivity index (χ1v) is 7.87. The lowest BCUT2D eigenvalue weighted by atomic mass is 9.78. The maximum Gasteiger partial charge on any atom is 0.324 e. The highest BCUT2D eigenvalue weighted by atomic mass is 16.5. The second kappa shape index (κ2) is 7.92. The summed E-state index contributed by atoms with van der Waals surface area (Å²) < 4.78 is 5.24. The van der Waals surface area contributed by atoms with E-state index in [1.165, 1.54) is 6.92 Å². The zero-order valence-corrected chi connectivity index (χ0v) is 14.0. The van der Waals surface area contributed by atoms with Crippen LogP contribution in [0.2, 0.25) is 0 Å². The monoisotopic (exact) mass is 342 g/mol. The molecule has 1 amide bonds. The van der Waals surface area contributed by atoms with Crippen LogP contribution in [-0.4, -0.2) is 28.6 Å². The summed E-state index contributed by atoms with van der Waals surface area (Å²) in [7, 11) is 0. The molecule has 0 bridgehead atoms. The predicted molar refractivity (Wildman–Crippen MR) is 93.2 cm³/mol. The van der Waals surface area contributed by atoms with Crippen molar-refractivity contribution in [3.05, 3.63) is 71.8 Å². The first kappa shape index (κ1) is 18.6. The van der Waals surface area contributed by atoms with Crippen molar-refractivity contribution < 1.29 is 19.4 Å². The Bertz CT molecular complexity index is 717. The van der Waals surface area contributed by atoms with Crippen molar-refractivity contribution in [2.75, 3.05) is 0 Å². The molecular weight excluding hydrogens is 320 g/mol. The van der Waals surface area contributed by atoms with Crippen LogP contribution in [0.15, 0.2) is 60.7 Å². The van der Waals surface area contributed by atoms with Gasteiger partial charge in [-0.25, -0.2) is 0 Å². The van der Waals surface area contributed by atoms with Crippen molar-refractivity contribution >= 4 is 11.9 Å². The predicted octanol–water partition coefficient (Wildman–Crippen LogP) is 1.08. The van der Waals surface area contributed by atoms with Crippen LogP contribution in [0.25, 0.3) is 0 Å². The van der Waals surface area contributed by atoms with Crippen LogP contribution < -0.4 is 11.5 Å². The molecule has 2 aromatic rings. The molecule has 6 heteroatoms. The van der Waals surface area contributed by atoms with E-state index >= 15 is 0 Å². The minimum absolute atomic E-state index is 0.0492. The molecule has 0 saturated heterocycles. The van der Waals surface area contributed by atoms with Gasteiger partial charge < -0.3 is 21.3 Å². The van der Waals surface area contributed by atoms with E-state index in [0.29, 0.717) is 5.56 Å². The fraction of sp³-hybridized carbons (Fsp3) is 0.263. The number of hydrogen-bond acceptors (Lipinski definition) is 5. The largest absolute Gasteiger partial charge is 0.460 e. The van der Waals surface area contributed by atoms with Crippen LogP contribution in [0.1, 0.15) is 24.0 Å². The summed E-state index contributed by atoms with van der Waals surface area (Å²) in [5.74, 6) is -2.72. The molecule has 3 unspecified atom stereocenters. The Kier molecular flexibility index (Phi) is 5.90. The molecule has 0 radical (unpaired) electrons. The van der Waals surface area contributed by atoms with Crippen LogP contribution in [-0.2, 0) is 20.9 Å². The molecule has 0 aromatic heterocycles. The molecule has 0 saturated carbocycles. The highest BCUT2D eigenvalue weighted by Gasteiger charge is 2.45. The van der Waals surface area contributed by atoms with E-state index in [-0.39, 0.29) is 6.61 Å². The highest BCUT2D eigenvalue weighted by Crippen LogP contribution is 2.31. The Hall–Kier alpha value is -2.70. The van der Waals surface area contributed by atoms with Crippen LogP contribution >= 0.6 is 0 Å². The highest BCUT2D eigenvalue weighted by molar-refractivity contribution is 5.87. The van der Waals surface area contributed by atoms with Crippen molar-refractivity contribution in [3.63, 3.8) is 0 Å². The van der Waals surface area contributed by atoms with Crippen molar-refractivity contribution in [1.29, 1.82) is 0 Å². The van der Waals surface area contributed by atoms with Gasteiger partial charge in [0.2, 0.25) is 5.91 Å². The number of carbonyl (C=O) groups is 2. The zero-order chi connectivity index (χ0) is 18.4. The first-order valence-electron chi connectivity index (χ1n) is 7.87. The van der Waals surface area contributed by atoms with Gasteiger partial charge in [-0.15, -0.1) is 0 Å². The molecule has 0 heterocycles. The number of esters is 1. The smallest absolute Gasteiger partial charge is 0.324 e. The van der Waals surface area contributed by atoms with E-state index in [9.17, 15) is 14.7 Å². The van der Waals surface area contributed by atoms with Crippen LogP contribution in [0.3, 0.4) is 0 Å². The van der Waals surface area contributed by atoms with E-state index < -0.39 is 29.4 Å². The third-order valence-corrected chi connectivity index (χ3v) is 4.12. The van der Waals surface area contributed by atoms with Crippen LogP contribution in [0.4, 0.5) is 0 Å². The summed E-state index contributed by atoms with van der Waals surface area (Å²) in [5.41, 5.74) is 10.7. The lowest BCUT2D eigenvalue weighted by Gasteiger charge is -2.33. The van der Waals surface area contributed by atoms with Gasteiger partial charge in [-0.1, -0.05) is 60.7 Å². The topological polar surface area (TPSA) is 116 Å². The summed E-state index contributed by atoms with van der Waals surface area (Å²) in [6.07, 6.45) is 0. The number of aliphatic hydroxyl groups is 1. The third-order valence-electron chi connectivity index (χ3n) is 4.12. The summed E-state index contributed by atoms with van der Waals surface area (Å²) in [4.78, 5) is 24.1. The molecule has 6 nitrogen and oxygen atoms in total. The minimum Gasteiger partial charge on any atom is -0.460 e. The summed E-state index contributed by atoms with van der Waals surface area (Å²) in [6.45, 7) is 1.30. The zero-order valence-electron chi connectivity index (χ0n) is 14.0. The van der Waals surface area contributed by atoms with Gasteiger partial charge in [0, 0.05) is 5.92 Å². The van der Waals surface area contributed by atoms with Crippen molar-refractivity contribution in [2.24, 2.45) is 11.5 Å². The van der Waals surface area contributed by atoms with Gasteiger partial charge in [-0.05, 0) is 18.1 Å². The Morgan fingerprint density at radius 3 is 2.12 bits per heavy atom. The third kappa shape index (κ3) is 4.43. The lowest BCUT2D eigenvalue weighted by molar-refractivity contribution is -0.151. The van der Waals surface area contributed by atoms with E-state index in [0.717, 1.165) is 5.56 Å². The Balaban J connectivity index is 2.21. The first-order chi connectivity index (χ1) is 11.8. The summed E-state index contributed by atoms with van der Waals surface area (Å²) in [5, 5.41) is 10.5. The van der Waals surface area contributed by atoms with Gasteiger partial charge in [0.15, 0.2) is 0 Å². The molecule has 0 aliphatic heterocycles. The normalized spacial score (nSPS) is 15.6. The number of primary amides is 1. The molecule has 0 spiro atoms. The SMILES string of the molecule is CC(O)(C(N)=O)C(c1ccccc1)C(N)C(=O)OCc1ccccc1. The molecule has 2 aromatic carbocycles. The molecule has 5 N–H and O–H groups in total. The molecule has 0 aliphatic rings. The van der Waals surface area contributed by atoms with Crippen LogP contribution in [0.5, 0.6) is 0 Å². The minimum atomic E-state index is -2.01. The standard InChI is InChI=1S/C19H22N2O4/c1-19(24,18(21)23)15(14-10-6-3-7-11-14)16(20)17(22)25-12-13-8-4-2-5-9-13/h2-11,15-16,24H,12,20H2,1H3,(H2,21,23). The molecular formula is C19H22N2O4. The van der Waals surface area contributed by atoms with Gasteiger partial charge in [0.05, 0.1) is 0 Å². The number of nitrogens with two attached hydrogens (primary N) is 2. The fourth-order valence-electron chi connectivity index (χ4n) is 2.66. The molecule has 25 heavy (non-hydrogen) atoms. The summed E-state index contributed by atoms with van der Waals surface area (Å²) >= 11 is 0. The maximum atomic E-state index is 12.4. The second-order valence-electron chi connectivity index (χ2n) is 6.02. The van der Waals surface area contributed by atoms with Gasteiger partial charge in [0.25, 0.3) is 0 Å². The van der Waals surface area contributed by atoms with Gasteiger partial charge in [-0.3, -0.25) is 9.59 Å². The molecule has 132 valence electrons. The number of hydrogen-bond donors (Lipinski definition) is 3. The molecule has 3 atom stereocenters. The quantitative estimate of drug-likeness (QED) is 0.651. The van der Waals surface area contributed by atoms with E-state index in [2.05, 4.69) is 0 Å². The number of carbonyl (C=O) groups excluding carboxylic acids is 2. The fourth-order valence-corrected chi connectivity index (χ4v) is 2.66. The number of amides is 1. The Morgan fingerprint density at radius 1 is 1.08 bits per heavy atom. The number of ether oxygens (including phenoxy) is 1. The van der Waals surface area contributed by atoms with Gasteiger partial charge in [-0.2, -0.15) is 0 Å². The van der Waals surface area contributed by atoms with Gasteiger partial charge in [0.1, 0.15) is 18.2 Å². The maximum absolute atomic E-state index is 12.4. The van der Waals surface area contributed by atoms with Crippen molar-refractivity contribution in [1.82, 2.24) is 0 Å². The van der Waals surface area contributed by atoms with E-state index in [4.69, 9.17) is 16.2 Å². The average molecular weight is 342 g/mol. The van der Waals surface area contributed by atoms with E-state index in [1.807, 2.05) is 30.3 Å². The Morgan fingerprint density at radius 2 is 1.60 bits per heavy atom. The van der Waals surface area contributed by atoms with Crippen molar-refractivity contribution in [2.45, 2.75) is 31.1 Å². The Labute approximate surface area is 146 Å². The number of rotatable bonds is 7. The van der Waals surface area contributed by atoms with Gasteiger partial charge >= 0.3 is 5.97 Å². The van der Waals surface area contributed by atoms with Crippen LogP contribution in [0, 0.1) is 0 Å². The lowest BCUT2D eigenvalue weighted by Crippen LogP contribution is -2.54. The molecule has 2 rings (SSSR count). The summed E-state index contributed by atoms with van der Waals surface area (Å²) in [6, 6.07) is 16.4.